The number of anilines is 1. The molecule has 1 aliphatic heterocycles. The molecular weight excluding hydrogens is 302 g/mol. The van der Waals surface area contributed by atoms with Crippen LogP contribution in [0.15, 0.2) is 30.5 Å². The molecule has 5 nitrogen and oxygen atoms in total. The highest BCUT2D eigenvalue weighted by molar-refractivity contribution is 6.30. The van der Waals surface area contributed by atoms with Gasteiger partial charge in [0.25, 0.3) is 5.91 Å². The molecule has 1 aromatic heterocycles. The molecule has 0 saturated carbocycles. The first-order valence-electron chi connectivity index (χ1n) is 7.03. The maximum absolute atomic E-state index is 11.6. The molecular formula is C16H16ClN3O2. The van der Waals surface area contributed by atoms with Crippen LogP contribution in [0.4, 0.5) is 5.69 Å². The monoisotopic (exact) mass is 317 g/mol. The second kappa shape index (κ2) is 6.23. The number of carbonyl (C=O) groups excluding carboxylic acids is 1. The highest BCUT2D eigenvalue weighted by atomic mass is 35.5. The van der Waals surface area contributed by atoms with E-state index in [1.807, 2.05) is 18.2 Å². The summed E-state index contributed by atoms with van der Waals surface area (Å²) >= 11 is 6.15. The third-order valence-corrected chi connectivity index (χ3v) is 3.75. The van der Waals surface area contributed by atoms with Crippen LogP contribution in [0, 0.1) is 0 Å². The van der Waals surface area contributed by atoms with Gasteiger partial charge in [-0.15, -0.1) is 0 Å². The van der Waals surface area contributed by atoms with Crippen molar-refractivity contribution in [2.24, 2.45) is 0 Å². The van der Waals surface area contributed by atoms with Gasteiger partial charge in [-0.3, -0.25) is 9.78 Å². The topological polar surface area (TPSA) is 63.2 Å². The number of fused-ring (bicyclic) bond motifs is 1. The molecule has 2 N–H and O–H groups in total. The molecule has 3 rings (SSSR count). The zero-order valence-electron chi connectivity index (χ0n) is 12.1. The van der Waals surface area contributed by atoms with Gasteiger partial charge in [-0.1, -0.05) is 11.6 Å². The molecule has 22 heavy (non-hydrogen) atoms. The molecule has 0 spiro atoms. The highest BCUT2D eigenvalue weighted by Crippen LogP contribution is 2.33. The fourth-order valence-electron chi connectivity index (χ4n) is 2.47. The summed E-state index contributed by atoms with van der Waals surface area (Å²) in [5, 5.41) is 6.55. The number of halogens is 1. The molecule has 0 radical (unpaired) electrons. The fourth-order valence-corrected chi connectivity index (χ4v) is 2.73. The van der Waals surface area contributed by atoms with Gasteiger partial charge in [0.1, 0.15) is 11.4 Å². The summed E-state index contributed by atoms with van der Waals surface area (Å²) in [6, 6.07) is 7.38. The van der Waals surface area contributed by atoms with E-state index >= 15 is 0 Å². The van der Waals surface area contributed by atoms with Crippen molar-refractivity contribution in [2.45, 2.75) is 13.0 Å². The van der Waals surface area contributed by atoms with Crippen molar-refractivity contribution in [3.05, 3.63) is 52.3 Å². The lowest BCUT2D eigenvalue weighted by Gasteiger charge is -2.11. The lowest BCUT2D eigenvalue weighted by molar-refractivity contribution is 0.0958. The summed E-state index contributed by atoms with van der Waals surface area (Å²) in [7, 11) is 1.58. The summed E-state index contributed by atoms with van der Waals surface area (Å²) in [6.45, 7) is 1.26. The van der Waals surface area contributed by atoms with Crippen LogP contribution in [0.2, 0.25) is 5.02 Å². The van der Waals surface area contributed by atoms with E-state index in [1.165, 1.54) is 0 Å². The van der Waals surface area contributed by atoms with Gasteiger partial charge in [0.2, 0.25) is 0 Å². The number of carbonyl (C=O) groups is 1. The maximum atomic E-state index is 11.6. The zero-order valence-corrected chi connectivity index (χ0v) is 12.9. The SMILES string of the molecule is CNC(=O)c1cc(NCc2cc(Cl)cc3c2OCC3)ccn1. The Balaban J connectivity index is 1.77. The Labute approximate surface area is 133 Å². The predicted octanol–water partition coefficient (Wildman–Crippen LogP) is 2.64. The average Bonchev–Trinajstić information content (AvgIpc) is 3.00. The number of aromatic nitrogens is 1. The van der Waals surface area contributed by atoms with Crippen LogP contribution in [0.3, 0.4) is 0 Å². The number of benzene rings is 1. The Kier molecular flexibility index (Phi) is 4.15. The fraction of sp³-hybridized carbons (Fsp3) is 0.250. The second-order valence-corrected chi connectivity index (χ2v) is 5.45. The van der Waals surface area contributed by atoms with Crippen LogP contribution in [0.1, 0.15) is 21.6 Å². The molecule has 0 atom stereocenters. The van der Waals surface area contributed by atoms with E-state index in [1.54, 1.807) is 19.3 Å². The molecule has 0 aliphatic carbocycles. The van der Waals surface area contributed by atoms with E-state index < -0.39 is 0 Å². The molecule has 1 aromatic carbocycles. The first-order valence-corrected chi connectivity index (χ1v) is 7.41. The molecule has 1 aliphatic rings. The number of amides is 1. The van der Waals surface area contributed by atoms with Gasteiger partial charge in [-0.2, -0.15) is 0 Å². The molecule has 1 amide bonds. The first-order chi connectivity index (χ1) is 10.7. The van der Waals surface area contributed by atoms with E-state index in [4.69, 9.17) is 16.3 Å². The number of pyridine rings is 1. The lowest BCUT2D eigenvalue weighted by atomic mass is 10.1. The van der Waals surface area contributed by atoms with Crippen molar-refractivity contribution in [1.29, 1.82) is 0 Å². The largest absolute Gasteiger partial charge is 0.493 e. The summed E-state index contributed by atoms with van der Waals surface area (Å²) in [4.78, 5) is 15.6. The lowest BCUT2D eigenvalue weighted by Crippen LogP contribution is -2.19. The Morgan fingerprint density at radius 1 is 1.41 bits per heavy atom. The summed E-state index contributed by atoms with van der Waals surface area (Å²) in [6.07, 6.45) is 2.49. The van der Waals surface area contributed by atoms with Crippen LogP contribution < -0.4 is 15.4 Å². The molecule has 0 bridgehead atoms. The van der Waals surface area contributed by atoms with Crippen LogP contribution in [0.25, 0.3) is 0 Å². The van der Waals surface area contributed by atoms with Crippen molar-refractivity contribution < 1.29 is 9.53 Å². The van der Waals surface area contributed by atoms with Gasteiger partial charge in [0, 0.05) is 42.5 Å². The van der Waals surface area contributed by atoms with E-state index in [-0.39, 0.29) is 5.91 Å². The van der Waals surface area contributed by atoms with Gasteiger partial charge in [-0.05, 0) is 29.8 Å². The van der Waals surface area contributed by atoms with Crippen molar-refractivity contribution in [3.63, 3.8) is 0 Å². The summed E-state index contributed by atoms with van der Waals surface area (Å²) in [5.74, 6) is 0.702. The van der Waals surface area contributed by atoms with Crippen LogP contribution in [-0.4, -0.2) is 24.5 Å². The minimum atomic E-state index is -0.212. The van der Waals surface area contributed by atoms with Gasteiger partial charge in [0.15, 0.2) is 0 Å². The third-order valence-electron chi connectivity index (χ3n) is 3.53. The molecule has 0 unspecified atom stereocenters. The molecule has 0 fully saturated rings. The highest BCUT2D eigenvalue weighted by Gasteiger charge is 2.17. The maximum Gasteiger partial charge on any atom is 0.269 e. The van der Waals surface area contributed by atoms with E-state index in [9.17, 15) is 4.79 Å². The predicted molar refractivity (Wildman–Crippen MR) is 85.6 cm³/mol. The third kappa shape index (κ3) is 2.99. The quantitative estimate of drug-likeness (QED) is 0.910. The number of nitrogens with one attached hydrogen (secondary N) is 2. The molecule has 0 saturated heterocycles. The van der Waals surface area contributed by atoms with Crippen molar-refractivity contribution in [3.8, 4) is 5.75 Å². The number of nitrogens with zero attached hydrogens (tertiary/aromatic N) is 1. The number of ether oxygens (including phenoxy) is 1. The van der Waals surface area contributed by atoms with Crippen molar-refractivity contribution in [2.75, 3.05) is 19.0 Å². The van der Waals surface area contributed by atoms with Crippen LogP contribution >= 0.6 is 11.6 Å². The molecule has 2 aromatic rings. The average molecular weight is 318 g/mol. The summed E-state index contributed by atoms with van der Waals surface area (Å²) in [5.41, 5.74) is 3.35. The smallest absolute Gasteiger partial charge is 0.269 e. The minimum Gasteiger partial charge on any atom is -0.493 e. The molecule has 2 heterocycles. The van der Waals surface area contributed by atoms with Gasteiger partial charge < -0.3 is 15.4 Å². The van der Waals surface area contributed by atoms with E-state index in [0.29, 0.717) is 23.9 Å². The second-order valence-electron chi connectivity index (χ2n) is 5.01. The van der Waals surface area contributed by atoms with Crippen LogP contribution in [0.5, 0.6) is 5.75 Å². The van der Waals surface area contributed by atoms with E-state index in [0.717, 1.165) is 29.0 Å². The molecule has 6 heteroatoms. The number of rotatable bonds is 4. The standard InChI is InChI=1S/C16H16ClN3O2/c1-18-16(21)14-8-13(2-4-19-14)20-9-11-7-12(17)6-10-3-5-22-15(10)11/h2,4,6-8H,3,5,9H2,1H3,(H,18,21)(H,19,20). The summed E-state index contributed by atoms with van der Waals surface area (Å²) < 4.78 is 5.68. The Bertz CT molecular complexity index is 719. The normalized spacial score (nSPS) is 12.5. The number of hydrogen-bond acceptors (Lipinski definition) is 4. The van der Waals surface area contributed by atoms with Gasteiger partial charge in [-0.25, -0.2) is 0 Å². The first kappa shape index (κ1) is 14.7. The van der Waals surface area contributed by atoms with Gasteiger partial charge >= 0.3 is 0 Å². The van der Waals surface area contributed by atoms with Crippen molar-refractivity contribution in [1.82, 2.24) is 10.3 Å². The Morgan fingerprint density at radius 2 is 2.27 bits per heavy atom. The minimum absolute atomic E-state index is 0.212. The van der Waals surface area contributed by atoms with E-state index in [2.05, 4.69) is 15.6 Å². The Morgan fingerprint density at radius 3 is 3.09 bits per heavy atom. The van der Waals surface area contributed by atoms with Crippen molar-refractivity contribution >= 4 is 23.2 Å². The number of hydrogen-bond donors (Lipinski definition) is 2. The van der Waals surface area contributed by atoms with Gasteiger partial charge in [0.05, 0.1) is 6.61 Å². The van der Waals surface area contributed by atoms with Crippen LogP contribution in [-0.2, 0) is 13.0 Å². The molecule has 114 valence electrons. The Hall–Kier alpha value is -2.27. The zero-order chi connectivity index (χ0) is 15.5.